The summed E-state index contributed by atoms with van der Waals surface area (Å²) < 4.78 is 23.1. The van der Waals surface area contributed by atoms with Gasteiger partial charge in [-0.25, -0.2) is 39.9 Å². The lowest BCUT2D eigenvalue weighted by Gasteiger charge is -2.11. The van der Waals surface area contributed by atoms with Crippen LogP contribution in [0.25, 0.3) is 271 Å². The van der Waals surface area contributed by atoms with Crippen LogP contribution in [0.15, 0.2) is 450 Å². The normalized spacial score (nSPS) is 11.6. The molecule has 0 amide bonds. The summed E-state index contributed by atoms with van der Waals surface area (Å²) in [7, 11) is 0. The molecule has 0 fully saturated rings. The highest BCUT2D eigenvalue weighted by Crippen LogP contribution is 2.45. The van der Waals surface area contributed by atoms with E-state index in [4.69, 9.17) is 63.1 Å². The molecule has 0 radical (unpaired) electrons. The highest BCUT2D eigenvalue weighted by molar-refractivity contribution is 7.26. The van der Waals surface area contributed by atoms with Crippen LogP contribution in [0, 0.1) is 0 Å². The maximum Gasteiger partial charge on any atom is 0.246 e. The number of benzene rings is 16. The molecule has 0 aliphatic heterocycles. The smallest absolute Gasteiger partial charge is 0.246 e. The number of hydrogen-bond donors (Lipinski definition) is 0. The van der Waals surface area contributed by atoms with Gasteiger partial charge in [0.2, 0.25) is 11.4 Å². The van der Waals surface area contributed by atoms with Crippen molar-refractivity contribution in [1.29, 1.82) is 0 Å². The van der Waals surface area contributed by atoms with Crippen LogP contribution < -0.4 is 0 Å². The van der Waals surface area contributed by atoms with Crippen molar-refractivity contribution in [3.8, 4) is 129 Å². The molecular formula is C121H72N12O3S. The van der Waals surface area contributed by atoms with Crippen molar-refractivity contribution in [2.24, 2.45) is 0 Å². The number of hydrogen-bond acceptors (Lipinski definition) is 15. The van der Waals surface area contributed by atoms with Crippen LogP contribution in [-0.4, -0.2) is 59.4 Å². The number of para-hydroxylation sites is 8. The zero-order valence-corrected chi connectivity index (χ0v) is 73.9. The quantitative estimate of drug-likeness (QED) is 0.112. The first-order chi connectivity index (χ1) is 67.8. The molecule has 0 N–H and O–H groups in total. The molecule has 12 heterocycles. The summed E-state index contributed by atoms with van der Waals surface area (Å²) in [5, 5.41) is 8.20. The molecule has 28 rings (SSSR count). The number of nitrogens with zero attached hydrogens (tertiary/aromatic N) is 12. The van der Waals surface area contributed by atoms with Crippen molar-refractivity contribution in [1.82, 2.24) is 59.4 Å². The SMILES string of the molecule is c1ccc(-c2nc(-c3ccc(-c4cccc(-c5ccc6c(c5)oc5nc7ccccc7nc56)c4)cc3)nc3c2sc2ccccc23)cc1.c1ccc(-c2nc(-c3cccc(-c4ccc(-c5cc6c(cn5)oc5c7ccccc7ncc65)cc4)c3)nc3ccccc23)cc1.c1ccc(-n2c(-c3ccc(-c4ccc(-c5c6ncccc6nc6oc7ccccc7c56)cc4)cc3)nc3ccccc32)cc1. The van der Waals surface area contributed by atoms with Gasteiger partial charge in [-0.1, -0.05) is 309 Å². The summed E-state index contributed by atoms with van der Waals surface area (Å²) in [6, 6.07) is 144. The number of imidazole rings is 1. The molecule has 28 aromatic rings. The minimum absolute atomic E-state index is 0.556. The van der Waals surface area contributed by atoms with Gasteiger partial charge in [-0.05, 0) is 159 Å². The third kappa shape index (κ3) is 14.4. The molecule has 0 aliphatic carbocycles. The monoisotopic (exact) mass is 1770 g/mol. The Morgan fingerprint density at radius 2 is 0.766 bits per heavy atom. The molecule has 137 heavy (non-hydrogen) atoms. The van der Waals surface area contributed by atoms with Crippen molar-refractivity contribution in [3.05, 3.63) is 437 Å². The minimum Gasteiger partial charge on any atom is -0.454 e. The van der Waals surface area contributed by atoms with Gasteiger partial charge in [0.05, 0.1) is 83.0 Å². The molecule has 640 valence electrons. The molecule has 0 aliphatic rings. The van der Waals surface area contributed by atoms with E-state index >= 15 is 0 Å². The Morgan fingerprint density at radius 3 is 1.51 bits per heavy atom. The number of fused-ring (bicyclic) bond motifs is 18. The fourth-order valence-electron chi connectivity index (χ4n) is 18.9. The summed E-state index contributed by atoms with van der Waals surface area (Å²) in [5.41, 5.74) is 34.6. The van der Waals surface area contributed by atoms with Crippen LogP contribution in [0.1, 0.15) is 0 Å². The summed E-state index contributed by atoms with van der Waals surface area (Å²) in [6.45, 7) is 0. The van der Waals surface area contributed by atoms with Gasteiger partial charge in [-0.15, -0.1) is 11.3 Å². The Bertz CT molecular complexity index is 9600. The molecule has 12 aromatic heterocycles. The van der Waals surface area contributed by atoms with E-state index in [0.29, 0.717) is 17.3 Å². The molecular weight excluding hydrogens is 1700 g/mol. The van der Waals surface area contributed by atoms with Gasteiger partial charge in [-0.2, -0.15) is 0 Å². The van der Waals surface area contributed by atoms with E-state index in [1.165, 1.54) is 4.70 Å². The number of thiophene rings is 1. The van der Waals surface area contributed by atoms with E-state index < -0.39 is 0 Å². The average Bonchev–Trinajstić information content (AvgIpc) is 1.52. The topological polar surface area (TPSA) is 186 Å². The lowest BCUT2D eigenvalue weighted by Crippen LogP contribution is -1.97. The van der Waals surface area contributed by atoms with Gasteiger partial charge in [0.25, 0.3) is 0 Å². The summed E-state index contributed by atoms with van der Waals surface area (Å²) >= 11 is 1.75. The van der Waals surface area contributed by atoms with Gasteiger partial charge in [0.15, 0.2) is 17.2 Å². The highest BCUT2D eigenvalue weighted by Gasteiger charge is 2.24. The predicted octanol–water partition coefficient (Wildman–Crippen LogP) is 31.4. The number of aromatic nitrogens is 12. The fraction of sp³-hybridized carbons (Fsp3) is 0. The van der Waals surface area contributed by atoms with Crippen molar-refractivity contribution in [3.63, 3.8) is 0 Å². The van der Waals surface area contributed by atoms with E-state index in [9.17, 15) is 0 Å². The Balaban J connectivity index is 0.000000107. The number of pyridine rings is 4. The molecule has 0 atom stereocenters. The van der Waals surface area contributed by atoms with Crippen LogP contribution in [0.5, 0.6) is 0 Å². The number of furan rings is 3. The average molecular weight is 1770 g/mol. The Labute approximate surface area is 786 Å². The summed E-state index contributed by atoms with van der Waals surface area (Å²) in [6.07, 6.45) is 5.53. The Hall–Kier alpha value is -18.5. The van der Waals surface area contributed by atoms with Crippen LogP contribution >= 0.6 is 11.3 Å². The Kier molecular flexibility index (Phi) is 19.4. The fourth-order valence-corrected chi connectivity index (χ4v) is 20.0. The first kappa shape index (κ1) is 79.4. The third-order valence-corrected chi connectivity index (χ3v) is 26.8. The zero-order chi connectivity index (χ0) is 90.4. The second kappa shape index (κ2) is 33.4. The highest BCUT2D eigenvalue weighted by atomic mass is 32.1. The zero-order valence-electron chi connectivity index (χ0n) is 73.1. The third-order valence-electron chi connectivity index (χ3n) is 25.6. The van der Waals surface area contributed by atoms with E-state index in [1.807, 2.05) is 152 Å². The van der Waals surface area contributed by atoms with Crippen molar-refractivity contribution in [2.45, 2.75) is 0 Å². The second-order valence-corrected chi connectivity index (χ2v) is 34.9. The predicted molar refractivity (Wildman–Crippen MR) is 556 cm³/mol. The second-order valence-electron chi connectivity index (χ2n) is 33.9. The van der Waals surface area contributed by atoms with Crippen LogP contribution in [-0.2, 0) is 0 Å². The van der Waals surface area contributed by atoms with E-state index in [2.05, 4.69) is 295 Å². The van der Waals surface area contributed by atoms with Gasteiger partial charge in [0.1, 0.15) is 28.1 Å². The van der Waals surface area contributed by atoms with E-state index in [1.54, 1.807) is 11.3 Å². The summed E-state index contributed by atoms with van der Waals surface area (Å²) in [5.74, 6) is 2.35. The van der Waals surface area contributed by atoms with Crippen LogP contribution in [0.4, 0.5) is 0 Å². The number of rotatable bonds is 12. The lowest BCUT2D eigenvalue weighted by atomic mass is 9.96. The summed E-state index contributed by atoms with van der Waals surface area (Å²) in [4.78, 5) is 53.7. The first-order valence-corrected chi connectivity index (χ1v) is 46.1. The molecule has 15 nitrogen and oxygen atoms in total. The first-order valence-electron chi connectivity index (χ1n) is 45.3. The maximum atomic E-state index is 6.22. The van der Waals surface area contributed by atoms with Gasteiger partial charge in [-0.3, -0.25) is 19.5 Å². The molecule has 0 saturated carbocycles. The molecule has 0 saturated heterocycles. The lowest BCUT2D eigenvalue weighted by molar-refractivity contribution is 0.655. The van der Waals surface area contributed by atoms with Crippen molar-refractivity contribution >= 4 is 153 Å². The molecule has 0 bridgehead atoms. The van der Waals surface area contributed by atoms with Crippen molar-refractivity contribution in [2.75, 3.05) is 0 Å². The largest absolute Gasteiger partial charge is 0.454 e. The van der Waals surface area contributed by atoms with E-state index in [0.717, 1.165) is 249 Å². The van der Waals surface area contributed by atoms with E-state index in [-0.39, 0.29) is 0 Å². The van der Waals surface area contributed by atoms with Crippen LogP contribution in [0.3, 0.4) is 0 Å². The molecule has 0 unspecified atom stereocenters. The maximum absolute atomic E-state index is 6.22. The molecule has 0 spiro atoms. The Morgan fingerprint density at radius 1 is 0.241 bits per heavy atom. The minimum atomic E-state index is 0.556. The standard InChI is InChI=1S/C42H24N4OS.C40H24N4O.C39H24N4O/c1-2-9-26(10-3-1)37-40-38(32-13-4-7-16-36(32)48-40)46-41(45-37)27-19-17-25(18-20-27)28-11-8-12-29(23-28)30-21-22-31-35(24-30)47-42-39(31)43-33-14-5-6-15-34(33)44-42;1-2-9-27(10-3-1)38-30-13-4-7-16-35(30)43-40(44-38)29-12-8-11-28(21-29)25-17-19-26(20-18-25)36-22-32-33-23-41-34-15-6-5-14-31(34)39(33)45-37(32)24-42-36;1-2-9-29(10-3-1)43-33-14-6-5-12-31(33)41-38(43)28-22-18-26(19-23-28)25-16-20-27(21-17-25)35-36-30-11-4-7-15-34(30)44-39(36)42-32-13-8-24-40-37(32)35/h1-24H;1-24H;1-24H. The molecule has 16 heteroatoms. The molecule has 16 aromatic carbocycles. The van der Waals surface area contributed by atoms with Gasteiger partial charge < -0.3 is 13.3 Å². The van der Waals surface area contributed by atoms with Gasteiger partial charge in [0, 0.05) is 99.4 Å². The van der Waals surface area contributed by atoms with Crippen molar-refractivity contribution < 1.29 is 13.3 Å². The van der Waals surface area contributed by atoms with Crippen LogP contribution in [0.2, 0.25) is 0 Å². The van der Waals surface area contributed by atoms with Gasteiger partial charge >= 0.3 is 0 Å².